The first kappa shape index (κ1) is 15.6. The maximum absolute atomic E-state index is 12.1. The zero-order chi connectivity index (χ0) is 15.5. The lowest BCUT2D eigenvalue weighted by molar-refractivity contribution is -0.124. The topological polar surface area (TPSA) is 70.2 Å². The lowest BCUT2D eigenvalue weighted by Crippen LogP contribution is -2.44. The van der Waals surface area contributed by atoms with Crippen LogP contribution >= 0.6 is 23.4 Å². The third-order valence-corrected chi connectivity index (χ3v) is 5.35. The average Bonchev–Trinajstić information content (AvgIpc) is 2.49. The molecule has 0 radical (unpaired) electrons. The maximum Gasteiger partial charge on any atom is 0.238 e. The van der Waals surface area contributed by atoms with Gasteiger partial charge in [0, 0.05) is 22.4 Å². The molecule has 2 amide bonds. The molecule has 0 aliphatic carbocycles. The van der Waals surface area contributed by atoms with Gasteiger partial charge in [-0.1, -0.05) is 11.6 Å². The normalized spacial score (nSPS) is 21.9. The van der Waals surface area contributed by atoms with Crippen molar-refractivity contribution >= 4 is 40.9 Å². The number of benzene rings is 1. The second-order valence-corrected chi connectivity index (χ2v) is 7.21. The first-order valence-electron chi connectivity index (χ1n) is 7.39. The molecule has 3 rings (SSSR count). The summed E-state index contributed by atoms with van der Waals surface area (Å²) in [4.78, 5) is 25.2. The number of hydrogen-bond acceptors (Lipinski definition) is 4. The minimum atomic E-state index is -0.393. The van der Waals surface area contributed by atoms with E-state index in [4.69, 9.17) is 11.6 Å². The minimum absolute atomic E-state index is 0.0584. The Bertz CT molecular complexity index is 590. The number of halogens is 1. The largest absolute Gasteiger partial charge is 0.353 e. The van der Waals surface area contributed by atoms with Gasteiger partial charge in [0.2, 0.25) is 11.8 Å². The molecule has 2 heterocycles. The van der Waals surface area contributed by atoms with E-state index in [0.29, 0.717) is 5.02 Å². The number of piperidine rings is 1. The van der Waals surface area contributed by atoms with E-state index in [2.05, 4.69) is 16.0 Å². The molecule has 3 N–H and O–H groups in total. The molecule has 0 aromatic heterocycles. The van der Waals surface area contributed by atoms with Crippen molar-refractivity contribution in [1.82, 2.24) is 10.6 Å². The van der Waals surface area contributed by atoms with E-state index in [0.717, 1.165) is 36.5 Å². The number of thioether (sulfide) groups is 1. The lowest BCUT2D eigenvalue weighted by atomic mass is 10.1. The van der Waals surface area contributed by atoms with Crippen LogP contribution in [0.1, 0.15) is 19.3 Å². The Kier molecular flexibility index (Phi) is 4.90. The van der Waals surface area contributed by atoms with Crippen molar-refractivity contribution in [3.05, 3.63) is 23.2 Å². The molecule has 2 aliphatic heterocycles. The molecule has 1 fully saturated rings. The molecule has 1 aromatic rings. The number of amides is 2. The SMILES string of the molecule is O=C(CC1Sc2ccc(Cl)cc2NC1=O)NC1CCNCC1. The van der Waals surface area contributed by atoms with E-state index in [1.54, 1.807) is 12.1 Å². The van der Waals surface area contributed by atoms with Crippen LogP contribution in [0.5, 0.6) is 0 Å². The predicted octanol–water partition coefficient (Wildman–Crippen LogP) is 2.01. The number of fused-ring (bicyclic) bond motifs is 1. The molecular formula is C15H18ClN3O2S. The zero-order valence-electron chi connectivity index (χ0n) is 12.0. The third kappa shape index (κ3) is 3.74. The van der Waals surface area contributed by atoms with Gasteiger partial charge in [-0.3, -0.25) is 9.59 Å². The van der Waals surface area contributed by atoms with Gasteiger partial charge in [0.1, 0.15) is 0 Å². The summed E-state index contributed by atoms with van der Waals surface area (Å²) in [6, 6.07) is 5.61. The molecule has 22 heavy (non-hydrogen) atoms. The van der Waals surface area contributed by atoms with Crippen molar-refractivity contribution in [2.75, 3.05) is 18.4 Å². The highest BCUT2D eigenvalue weighted by atomic mass is 35.5. The first-order chi connectivity index (χ1) is 10.6. The monoisotopic (exact) mass is 339 g/mol. The summed E-state index contributed by atoms with van der Waals surface area (Å²) in [7, 11) is 0. The van der Waals surface area contributed by atoms with Gasteiger partial charge in [0.05, 0.1) is 10.9 Å². The highest BCUT2D eigenvalue weighted by Crippen LogP contribution is 2.38. The van der Waals surface area contributed by atoms with Gasteiger partial charge in [-0.05, 0) is 44.1 Å². The number of hydrogen-bond donors (Lipinski definition) is 3. The zero-order valence-corrected chi connectivity index (χ0v) is 13.6. The van der Waals surface area contributed by atoms with Crippen LogP contribution in [-0.4, -0.2) is 36.2 Å². The van der Waals surface area contributed by atoms with Crippen LogP contribution in [0, 0.1) is 0 Å². The molecule has 1 saturated heterocycles. The van der Waals surface area contributed by atoms with E-state index < -0.39 is 5.25 Å². The Hall–Kier alpha value is -1.24. The fourth-order valence-corrected chi connectivity index (χ4v) is 3.94. The van der Waals surface area contributed by atoms with Crippen LogP contribution in [0.25, 0.3) is 0 Å². The summed E-state index contributed by atoms with van der Waals surface area (Å²) >= 11 is 7.34. The lowest BCUT2D eigenvalue weighted by Gasteiger charge is -2.26. The van der Waals surface area contributed by atoms with Crippen LogP contribution in [-0.2, 0) is 9.59 Å². The number of nitrogens with one attached hydrogen (secondary N) is 3. The van der Waals surface area contributed by atoms with Crippen LogP contribution in [0.3, 0.4) is 0 Å². The van der Waals surface area contributed by atoms with Gasteiger partial charge in [0.15, 0.2) is 0 Å². The number of carbonyl (C=O) groups is 2. The van der Waals surface area contributed by atoms with E-state index in [1.807, 2.05) is 6.07 Å². The van der Waals surface area contributed by atoms with Crippen molar-refractivity contribution in [2.24, 2.45) is 0 Å². The van der Waals surface area contributed by atoms with Gasteiger partial charge >= 0.3 is 0 Å². The van der Waals surface area contributed by atoms with E-state index in [-0.39, 0.29) is 24.3 Å². The molecule has 2 aliphatic rings. The fraction of sp³-hybridized carbons (Fsp3) is 0.467. The number of anilines is 1. The molecular weight excluding hydrogens is 322 g/mol. The summed E-state index contributed by atoms with van der Waals surface area (Å²) < 4.78 is 0. The van der Waals surface area contributed by atoms with Crippen LogP contribution in [0.4, 0.5) is 5.69 Å². The van der Waals surface area contributed by atoms with E-state index in [9.17, 15) is 9.59 Å². The summed E-state index contributed by atoms with van der Waals surface area (Å²) in [6.45, 7) is 1.86. The molecule has 1 aromatic carbocycles. The van der Waals surface area contributed by atoms with Gasteiger partial charge in [-0.25, -0.2) is 0 Å². The summed E-state index contributed by atoms with van der Waals surface area (Å²) in [5, 5.41) is 9.31. The average molecular weight is 340 g/mol. The Morgan fingerprint density at radius 1 is 1.36 bits per heavy atom. The van der Waals surface area contributed by atoms with Crippen molar-refractivity contribution in [3.8, 4) is 0 Å². The molecule has 0 saturated carbocycles. The van der Waals surface area contributed by atoms with E-state index >= 15 is 0 Å². The van der Waals surface area contributed by atoms with E-state index in [1.165, 1.54) is 11.8 Å². The molecule has 1 unspecified atom stereocenters. The predicted molar refractivity (Wildman–Crippen MR) is 88.4 cm³/mol. The molecule has 0 spiro atoms. The Morgan fingerprint density at radius 2 is 2.14 bits per heavy atom. The van der Waals surface area contributed by atoms with Crippen molar-refractivity contribution in [2.45, 2.75) is 35.4 Å². The van der Waals surface area contributed by atoms with Crippen LogP contribution < -0.4 is 16.0 Å². The molecule has 7 heteroatoms. The van der Waals surface area contributed by atoms with Gasteiger partial charge in [0.25, 0.3) is 0 Å². The number of rotatable bonds is 3. The second-order valence-electron chi connectivity index (χ2n) is 5.53. The van der Waals surface area contributed by atoms with Crippen molar-refractivity contribution in [1.29, 1.82) is 0 Å². The fourth-order valence-electron chi connectivity index (χ4n) is 2.68. The summed E-state index contributed by atoms with van der Waals surface area (Å²) in [5.74, 6) is -0.197. The molecule has 5 nitrogen and oxygen atoms in total. The quantitative estimate of drug-likeness (QED) is 0.788. The van der Waals surface area contributed by atoms with Crippen molar-refractivity contribution in [3.63, 3.8) is 0 Å². The van der Waals surface area contributed by atoms with Crippen LogP contribution in [0.15, 0.2) is 23.1 Å². The van der Waals surface area contributed by atoms with Crippen LogP contribution in [0.2, 0.25) is 5.02 Å². The second kappa shape index (κ2) is 6.89. The highest BCUT2D eigenvalue weighted by Gasteiger charge is 2.29. The first-order valence-corrected chi connectivity index (χ1v) is 8.65. The minimum Gasteiger partial charge on any atom is -0.353 e. The summed E-state index contributed by atoms with van der Waals surface area (Å²) in [5.41, 5.74) is 0.720. The highest BCUT2D eigenvalue weighted by molar-refractivity contribution is 8.01. The Morgan fingerprint density at radius 3 is 2.91 bits per heavy atom. The Balaban J connectivity index is 1.59. The molecule has 1 atom stereocenters. The summed E-state index contributed by atoms with van der Waals surface area (Å²) in [6.07, 6.45) is 2.08. The van der Waals surface area contributed by atoms with Crippen molar-refractivity contribution < 1.29 is 9.59 Å². The van der Waals surface area contributed by atoms with Gasteiger partial charge in [-0.2, -0.15) is 0 Å². The molecule has 0 bridgehead atoms. The Labute approximate surface area is 138 Å². The number of carbonyl (C=O) groups excluding carboxylic acids is 2. The maximum atomic E-state index is 12.1. The smallest absolute Gasteiger partial charge is 0.238 e. The van der Waals surface area contributed by atoms with Gasteiger partial charge in [-0.15, -0.1) is 11.8 Å². The van der Waals surface area contributed by atoms with Gasteiger partial charge < -0.3 is 16.0 Å². The standard InChI is InChI=1S/C15H18ClN3O2S/c16-9-1-2-12-11(7-9)19-15(21)13(22-12)8-14(20)18-10-3-5-17-6-4-10/h1-2,7,10,13,17H,3-6,8H2,(H,18,20)(H,19,21). The third-order valence-electron chi connectivity index (χ3n) is 3.84. The molecule has 118 valence electrons.